The molecule has 5 aromatic rings. The molecule has 1 N–H and O–H groups in total. The van der Waals surface area contributed by atoms with Gasteiger partial charge in [-0.05, 0) is 58.7 Å². The zero-order valence-electron chi connectivity index (χ0n) is 19.7. The van der Waals surface area contributed by atoms with Gasteiger partial charge in [-0.25, -0.2) is 4.98 Å². The average Bonchev–Trinajstić information content (AvgIpc) is 3.66. The van der Waals surface area contributed by atoms with Gasteiger partial charge >= 0.3 is 0 Å². The Morgan fingerprint density at radius 3 is 2.56 bits per heavy atom. The number of carboxylic acid groups (broad SMARTS) is 1. The van der Waals surface area contributed by atoms with Crippen molar-refractivity contribution in [3.8, 4) is 28.3 Å². The van der Waals surface area contributed by atoms with Crippen LogP contribution in [0.5, 0.6) is 0 Å². The van der Waals surface area contributed by atoms with Crippen LogP contribution >= 0.6 is 0 Å². The van der Waals surface area contributed by atoms with Gasteiger partial charge in [0.25, 0.3) is 0 Å². The van der Waals surface area contributed by atoms with Crippen LogP contribution in [0.15, 0.2) is 79.1 Å². The first-order chi connectivity index (χ1) is 17.6. The maximum atomic E-state index is 11.3. The Bertz CT molecular complexity index is 1480. The third kappa shape index (κ3) is 4.72. The summed E-state index contributed by atoms with van der Waals surface area (Å²) in [4.78, 5) is 16.1. The highest BCUT2D eigenvalue weighted by atomic mass is 16.4. The molecule has 0 amide bonds. The molecule has 0 aliphatic rings. The second kappa shape index (κ2) is 10.2. The van der Waals surface area contributed by atoms with E-state index in [0.717, 1.165) is 47.0 Å². The summed E-state index contributed by atoms with van der Waals surface area (Å²) < 4.78 is 3.93. The number of rotatable bonds is 9. The average molecular weight is 479 g/mol. The fraction of sp³-hybridized carbons (Fsp3) is 0.148. The van der Waals surface area contributed by atoms with Gasteiger partial charge in [0.2, 0.25) is 5.82 Å². The van der Waals surface area contributed by atoms with Crippen molar-refractivity contribution >= 4 is 12.0 Å². The maximum Gasteiger partial charge on any atom is 0.205 e. The minimum absolute atomic E-state index is 0.482. The first-order valence-corrected chi connectivity index (χ1v) is 11.7. The highest BCUT2D eigenvalue weighted by Crippen LogP contribution is 2.31. The molecule has 0 atom stereocenters. The molecule has 0 saturated carbocycles. The third-order valence-electron chi connectivity index (χ3n) is 5.86. The Morgan fingerprint density at radius 2 is 1.86 bits per heavy atom. The summed E-state index contributed by atoms with van der Waals surface area (Å²) in [6.45, 7) is 2.57. The Labute approximate surface area is 207 Å². The fourth-order valence-electron chi connectivity index (χ4n) is 4.27. The molecule has 0 spiro atoms. The molecule has 5 rings (SSSR count). The van der Waals surface area contributed by atoms with E-state index in [1.54, 1.807) is 6.08 Å². The number of carbonyl (C=O) groups excluding carboxylic acids is 1. The highest BCUT2D eigenvalue weighted by Gasteiger charge is 2.18. The molecule has 3 heterocycles. The number of aryl methyl sites for hydroxylation is 1. The number of aromatic amines is 1. The first-order valence-electron chi connectivity index (χ1n) is 11.7. The zero-order chi connectivity index (χ0) is 24.9. The molecule has 0 saturated heterocycles. The molecule has 0 bridgehead atoms. The lowest BCUT2D eigenvalue weighted by molar-refractivity contribution is -0.297. The second-order valence-electron chi connectivity index (χ2n) is 8.30. The summed E-state index contributed by atoms with van der Waals surface area (Å²) in [5.74, 6) is 0.776. The lowest BCUT2D eigenvalue weighted by Gasteiger charge is -2.14. The van der Waals surface area contributed by atoms with Gasteiger partial charge < -0.3 is 19.0 Å². The van der Waals surface area contributed by atoms with Gasteiger partial charge in [-0.15, -0.1) is 10.2 Å². The number of imidazole rings is 1. The number of benzene rings is 2. The number of nitrogens with one attached hydrogen (secondary N) is 1. The summed E-state index contributed by atoms with van der Waals surface area (Å²) >= 11 is 0. The molecule has 9 nitrogen and oxygen atoms in total. The fourth-order valence-corrected chi connectivity index (χ4v) is 4.27. The Balaban J connectivity index is 1.63. The molecule has 0 aliphatic heterocycles. The van der Waals surface area contributed by atoms with E-state index in [2.05, 4.69) is 44.2 Å². The van der Waals surface area contributed by atoms with Crippen molar-refractivity contribution in [2.75, 3.05) is 0 Å². The number of nitrogens with zero attached hydrogens (tertiary/aromatic N) is 6. The Morgan fingerprint density at radius 1 is 1.06 bits per heavy atom. The normalized spacial score (nSPS) is 11.4. The number of hydrogen-bond acceptors (Lipinski definition) is 6. The van der Waals surface area contributed by atoms with Gasteiger partial charge in [0.15, 0.2) is 5.82 Å². The van der Waals surface area contributed by atoms with Crippen molar-refractivity contribution in [1.82, 2.24) is 34.7 Å². The number of tetrazole rings is 1. The van der Waals surface area contributed by atoms with Crippen LogP contribution in [0.25, 0.3) is 34.4 Å². The van der Waals surface area contributed by atoms with Gasteiger partial charge in [-0.2, -0.15) is 5.21 Å². The molecule has 9 heteroatoms. The SMILES string of the molecule is CCCc1nc(-n2cccc2)c(/C=C/C(=O)[O-])n1Cc1ccc(-c2ccccc2)c(-c2nn[nH]n2)c1. The summed E-state index contributed by atoms with van der Waals surface area (Å²) in [5, 5.41) is 26.0. The molecule has 180 valence electrons. The number of H-pyrrole nitrogens is 1. The van der Waals surface area contributed by atoms with E-state index in [1.165, 1.54) is 0 Å². The number of aliphatic carboxylic acids is 1. The van der Waals surface area contributed by atoms with E-state index in [0.29, 0.717) is 23.9 Å². The largest absolute Gasteiger partial charge is 0.545 e. The quantitative estimate of drug-likeness (QED) is 0.325. The van der Waals surface area contributed by atoms with Crippen molar-refractivity contribution in [1.29, 1.82) is 0 Å². The predicted molar refractivity (Wildman–Crippen MR) is 134 cm³/mol. The van der Waals surface area contributed by atoms with Crippen molar-refractivity contribution in [2.24, 2.45) is 0 Å². The summed E-state index contributed by atoms with van der Waals surface area (Å²) in [6, 6.07) is 20.0. The summed E-state index contributed by atoms with van der Waals surface area (Å²) in [7, 11) is 0. The zero-order valence-corrected chi connectivity index (χ0v) is 19.7. The molecular formula is C27H24N7O2-. The minimum atomic E-state index is -1.26. The minimum Gasteiger partial charge on any atom is -0.545 e. The molecule has 0 aliphatic carbocycles. The smallest absolute Gasteiger partial charge is 0.205 e. The number of hydrogen-bond donors (Lipinski definition) is 1. The van der Waals surface area contributed by atoms with E-state index in [1.807, 2.05) is 65.5 Å². The van der Waals surface area contributed by atoms with Crippen LogP contribution in [-0.4, -0.2) is 40.7 Å². The van der Waals surface area contributed by atoms with Crippen LogP contribution in [0, 0.1) is 0 Å². The monoisotopic (exact) mass is 478 g/mol. The van der Waals surface area contributed by atoms with Gasteiger partial charge in [-0.1, -0.05) is 49.4 Å². The van der Waals surface area contributed by atoms with E-state index in [-0.39, 0.29) is 0 Å². The predicted octanol–water partition coefficient (Wildman–Crippen LogP) is 3.28. The topological polar surface area (TPSA) is 117 Å². The Hall–Kier alpha value is -4.79. The van der Waals surface area contributed by atoms with Crippen molar-refractivity contribution in [3.05, 3.63) is 96.2 Å². The number of carboxylic acids is 1. The van der Waals surface area contributed by atoms with Crippen LogP contribution in [-0.2, 0) is 17.8 Å². The van der Waals surface area contributed by atoms with Crippen LogP contribution in [0.4, 0.5) is 0 Å². The first kappa shape index (κ1) is 23.0. The van der Waals surface area contributed by atoms with E-state index < -0.39 is 5.97 Å². The number of aromatic nitrogens is 7. The standard InChI is InChI=1S/C27H25N7O2/c1-2-8-24-28-27(33-15-6-7-16-33)23(13-14-25(35)36)34(24)18-19-11-12-21(20-9-4-3-5-10-20)22(17-19)26-29-31-32-30-26/h3-7,9-17H,2,8,18H2,1H3,(H,35,36)(H,29,30,31,32)/p-1/b14-13+. The van der Waals surface area contributed by atoms with E-state index >= 15 is 0 Å². The van der Waals surface area contributed by atoms with Crippen LogP contribution in [0.3, 0.4) is 0 Å². The maximum absolute atomic E-state index is 11.3. The van der Waals surface area contributed by atoms with Gasteiger partial charge in [-0.3, -0.25) is 0 Å². The molecule has 0 radical (unpaired) electrons. The molecule has 0 fully saturated rings. The molecular weight excluding hydrogens is 454 g/mol. The van der Waals surface area contributed by atoms with E-state index in [9.17, 15) is 9.90 Å². The van der Waals surface area contributed by atoms with E-state index in [4.69, 9.17) is 4.98 Å². The van der Waals surface area contributed by atoms with Crippen molar-refractivity contribution in [3.63, 3.8) is 0 Å². The molecule has 2 aromatic carbocycles. The Kier molecular flexibility index (Phi) is 6.53. The van der Waals surface area contributed by atoms with Crippen LogP contribution in [0.1, 0.15) is 30.4 Å². The lowest BCUT2D eigenvalue weighted by Crippen LogP contribution is -2.18. The van der Waals surface area contributed by atoms with Gasteiger partial charge in [0.05, 0.1) is 11.7 Å². The lowest BCUT2D eigenvalue weighted by atomic mass is 9.97. The summed E-state index contributed by atoms with van der Waals surface area (Å²) in [5.41, 5.74) is 4.57. The van der Waals surface area contributed by atoms with Crippen LogP contribution < -0.4 is 5.11 Å². The van der Waals surface area contributed by atoms with Gasteiger partial charge in [0.1, 0.15) is 5.82 Å². The number of carbonyl (C=O) groups is 1. The molecule has 3 aromatic heterocycles. The highest BCUT2D eigenvalue weighted by molar-refractivity contribution is 5.84. The van der Waals surface area contributed by atoms with Crippen LogP contribution in [0.2, 0.25) is 0 Å². The second-order valence-corrected chi connectivity index (χ2v) is 8.30. The molecule has 36 heavy (non-hydrogen) atoms. The van der Waals surface area contributed by atoms with Gasteiger partial charge in [0, 0.05) is 30.9 Å². The molecule has 0 unspecified atom stereocenters. The third-order valence-corrected chi connectivity index (χ3v) is 5.86. The van der Waals surface area contributed by atoms with Crippen molar-refractivity contribution in [2.45, 2.75) is 26.3 Å². The van der Waals surface area contributed by atoms with Crippen molar-refractivity contribution < 1.29 is 9.90 Å². The summed E-state index contributed by atoms with van der Waals surface area (Å²) in [6.07, 6.45) is 8.01.